The molecule has 3 fully saturated rings. The van der Waals surface area contributed by atoms with Crippen LogP contribution in [0.25, 0.3) is 0 Å². The molecule has 6 atom stereocenters. The summed E-state index contributed by atoms with van der Waals surface area (Å²) in [6.45, 7) is 0. The molecule has 1 N–H and O–H groups in total. The lowest BCUT2D eigenvalue weighted by Gasteiger charge is -2.50. The van der Waals surface area contributed by atoms with Gasteiger partial charge in [-0.2, -0.15) is 0 Å². The van der Waals surface area contributed by atoms with E-state index in [-0.39, 0.29) is 29.9 Å². The Bertz CT molecular complexity index is 1880. The van der Waals surface area contributed by atoms with Crippen molar-refractivity contribution in [2.45, 2.75) is 28.5 Å². The van der Waals surface area contributed by atoms with Gasteiger partial charge in [0, 0.05) is 35.7 Å². The molecule has 0 spiro atoms. The Morgan fingerprint density at radius 3 is 2.22 bits per heavy atom. The number of alkyl halides is 2. The fourth-order valence-electron chi connectivity index (χ4n) is 7.76. The molecule has 0 radical (unpaired) electrons. The molecule has 3 aromatic carbocycles. The van der Waals surface area contributed by atoms with Crippen molar-refractivity contribution in [1.82, 2.24) is 4.90 Å². The second kappa shape index (κ2) is 10.5. The lowest BCUT2D eigenvalue weighted by molar-refractivity contribution is -0.138. The second-order valence-electron chi connectivity index (χ2n) is 12.2. The van der Waals surface area contributed by atoms with Gasteiger partial charge in [0.15, 0.2) is 15.5 Å². The van der Waals surface area contributed by atoms with Gasteiger partial charge in [-0.1, -0.05) is 48.0 Å². The molecule has 11 heteroatoms. The number of rotatable bonds is 5. The predicted molar refractivity (Wildman–Crippen MR) is 169 cm³/mol. The van der Waals surface area contributed by atoms with Crippen LogP contribution in [-0.4, -0.2) is 63.3 Å². The highest BCUT2D eigenvalue weighted by atomic mass is 35.5. The Hall–Kier alpha value is -4.47. The molecule has 2 heterocycles. The number of halogens is 2. The first kappa shape index (κ1) is 30.2. The summed E-state index contributed by atoms with van der Waals surface area (Å²) in [4.78, 5) is 66.4. The zero-order valence-corrected chi connectivity index (χ0v) is 26.3. The predicted octanol–water partition coefficient (Wildman–Crippen LogP) is 4.83. The number of nitrogens with zero attached hydrogens (tertiary/aromatic N) is 2. The van der Waals surface area contributed by atoms with E-state index in [0.29, 0.717) is 28.1 Å². The summed E-state index contributed by atoms with van der Waals surface area (Å²) in [5.74, 6) is -5.82. The molecule has 6 unspecified atom stereocenters. The molecule has 9 nitrogen and oxygen atoms in total. The molecule has 46 heavy (non-hydrogen) atoms. The Labute approximate surface area is 274 Å². The molecule has 0 bridgehead atoms. The van der Waals surface area contributed by atoms with Crippen LogP contribution in [0.4, 0.5) is 5.69 Å². The Morgan fingerprint density at radius 2 is 1.57 bits per heavy atom. The van der Waals surface area contributed by atoms with Crippen molar-refractivity contribution in [2.24, 2.45) is 17.8 Å². The van der Waals surface area contributed by atoms with E-state index in [0.717, 1.165) is 9.80 Å². The van der Waals surface area contributed by atoms with Crippen molar-refractivity contribution in [2.75, 3.05) is 19.1 Å². The number of anilines is 1. The van der Waals surface area contributed by atoms with Gasteiger partial charge in [-0.05, 0) is 49.1 Å². The van der Waals surface area contributed by atoms with Gasteiger partial charge >= 0.3 is 0 Å². The maximum Gasteiger partial charge on any atom is 0.253 e. The summed E-state index contributed by atoms with van der Waals surface area (Å²) < 4.78 is 5.24. The molecule has 7 rings (SSSR count). The van der Waals surface area contributed by atoms with Crippen LogP contribution in [-0.2, 0) is 19.2 Å². The Balaban J connectivity index is 1.28. The molecular formula is C35H28Cl2N2O7. The lowest BCUT2D eigenvalue weighted by Crippen LogP contribution is -2.60. The third kappa shape index (κ3) is 3.97. The number of hydrogen-bond donors (Lipinski definition) is 1. The molecule has 0 aromatic heterocycles. The quantitative estimate of drug-likeness (QED) is 0.180. The van der Waals surface area contributed by atoms with Crippen LogP contribution in [0.15, 0.2) is 84.4 Å². The molecular weight excluding hydrogens is 631 g/mol. The van der Waals surface area contributed by atoms with Crippen LogP contribution < -0.4 is 9.64 Å². The van der Waals surface area contributed by atoms with E-state index in [1.165, 1.54) is 20.2 Å². The number of hydrogen-bond acceptors (Lipinski definition) is 7. The highest BCUT2D eigenvalue weighted by molar-refractivity contribution is 6.53. The van der Waals surface area contributed by atoms with E-state index >= 15 is 0 Å². The summed E-state index contributed by atoms with van der Waals surface area (Å²) in [6.07, 6.45) is 1.81. The maximum absolute atomic E-state index is 14.2. The fourth-order valence-corrected chi connectivity index (χ4v) is 8.77. The number of aromatic hydroxyl groups is 1. The number of amides is 4. The van der Waals surface area contributed by atoms with Crippen LogP contribution in [0, 0.1) is 17.8 Å². The SMILES string of the molecule is COc1ccc(C2C3=CCC4C(=O)N(c5ccc(C(=O)c6ccccc6)cc5)C(=O)C4C3CC3(Cl)C(=O)N(C)C(=O)C23Cl)c(O)c1. The average molecular weight is 660 g/mol. The zero-order valence-electron chi connectivity index (χ0n) is 24.8. The van der Waals surface area contributed by atoms with Gasteiger partial charge in [0.2, 0.25) is 11.8 Å². The highest BCUT2D eigenvalue weighted by Gasteiger charge is 2.76. The smallest absolute Gasteiger partial charge is 0.253 e. The number of carbonyl (C=O) groups excluding carboxylic acids is 5. The van der Waals surface area contributed by atoms with Gasteiger partial charge in [-0.3, -0.25) is 33.8 Å². The summed E-state index contributed by atoms with van der Waals surface area (Å²) in [5.41, 5.74) is 2.05. The van der Waals surface area contributed by atoms with Gasteiger partial charge < -0.3 is 9.84 Å². The lowest BCUT2D eigenvalue weighted by atomic mass is 9.56. The molecule has 234 valence electrons. The van der Waals surface area contributed by atoms with E-state index in [2.05, 4.69) is 0 Å². The molecule has 1 saturated carbocycles. The van der Waals surface area contributed by atoms with Crippen LogP contribution in [0.1, 0.15) is 40.2 Å². The summed E-state index contributed by atoms with van der Waals surface area (Å²) in [7, 11) is 2.75. The van der Waals surface area contributed by atoms with Crippen molar-refractivity contribution in [3.63, 3.8) is 0 Å². The molecule has 3 aromatic rings. The number of imide groups is 2. The van der Waals surface area contributed by atoms with E-state index in [9.17, 15) is 29.1 Å². The van der Waals surface area contributed by atoms with Gasteiger partial charge in [0.05, 0.1) is 24.6 Å². The van der Waals surface area contributed by atoms with Crippen molar-refractivity contribution in [1.29, 1.82) is 0 Å². The summed E-state index contributed by atoms with van der Waals surface area (Å²) >= 11 is 14.4. The van der Waals surface area contributed by atoms with Gasteiger partial charge in [-0.25, -0.2) is 0 Å². The number of methoxy groups -OCH3 is 1. The second-order valence-corrected chi connectivity index (χ2v) is 13.4. The Morgan fingerprint density at radius 1 is 0.891 bits per heavy atom. The number of fused-ring (bicyclic) bond motifs is 4. The third-order valence-corrected chi connectivity index (χ3v) is 11.4. The van der Waals surface area contributed by atoms with E-state index < -0.39 is 57.0 Å². The molecule has 2 saturated heterocycles. The standard InChI is InChI=1S/C35H28Cl2N2O7/c1-38-32(44)34(36)17-25-22(28(35(34,37)33(38)45)23-13-12-21(46-2)16-26(23)40)14-15-24-27(25)31(43)39(30(24)42)20-10-8-19(9-11-20)29(41)18-6-4-3-5-7-18/h3-14,16,24-25,27-28,40H,15,17H2,1-2H3. The fraction of sp³-hybridized carbons (Fsp3) is 0.286. The minimum atomic E-state index is -2.01. The topological polar surface area (TPSA) is 121 Å². The van der Waals surface area contributed by atoms with E-state index in [1.807, 2.05) is 6.07 Å². The van der Waals surface area contributed by atoms with Crippen LogP contribution >= 0.6 is 23.2 Å². The zero-order chi connectivity index (χ0) is 32.7. The molecule has 2 aliphatic carbocycles. The molecule has 4 amide bonds. The first-order valence-electron chi connectivity index (χ1n) is 14.8. The number of benzene rings is 3. The van der Waals surface area contributed by atoms with E-state index in [4.69, 9.17) is 27.9 Å². The Kier molecular flexibility index (Phi) is 6.92. The van der Waals surface area contributed by atoms with E-state index in [1.54, 1.807) is 66.7 Å². The minimum absolute atomic E-state index is 0.162. The van der Waals surface area contributed by atoms with Gasteiger partial charge in [0.1, 0.15) is 11.5 Å². The van der Waals surface area contributed by atoms with Gasteiger partial charge in [-0.15, -0.1) is 23.2 Å². The van der Waals surface area contributed by atoms with Crippen molar-refractivity contribution in [3.8, 4) is 11.5 Å². The van der Waals surface area contributed by atoms with Gasteiger partial charge in [0.25, 0.3) is 11.8 Å². The highest BCUT2D eigenvalue weighted by Crippen LogP contribution is 2.66. The number of carbonyl (C=O) groups is 5. The maximum atomic E-state index is 14.2. The number of ether oxygens (including phenoxy) is 1. The third-order valence-electron chi connectivity index (χ3n) is 9.99. The first-order valence-corrected chi connectivity index (χ1v) is 15.5. The first-order chi connectivity index (χ1) is 21.9. The number of allylic oxidation sites excluding steroid dienone is 2. The number of likely N-dealkylation sites (tertiary alicyclic amines) is 1. The van der Waals surface area contributed by atoms with Crippen molar-refractivity contribution in [3.05, 3.63) is 101 Å². The van der Waals surface area contributed by atoms with Crippen LogP contribution in [0.5, 0.6) is 11.5 Å². The largest absolute Gasteiger partial charge is 0.508 e. The van der Waals surface area contributed by atoms with Crippen LogP contribution in [0.3, 0.4) is 0 Å². The average Bonchev–Trinajstić information content (AvgIpc) is 3.39. The van der Waals surface area contributed by atoms with Crippen LogP contribution in [0.2, 0.25) is 0 Å². The summed E-state index contributed by atoms with van der Waals surface area (Å²) in [6, 6.07) is 19.6. The monoisotopic (exact) mass is 658 g/mol. The number of ketones is 1. The summed E-state index contributed by atoms with van der Waals surface area (Å²) in [5, 5.41) is 11.1. The number of phenolic OH excluding ortho intramolecular Hbond substituents is 1. The van der Waals surface area contributed by atoms with Crippen molar-refractivity contribution < 1.29 is 33.8 Å². The number of phenols is 1. The normalized spacial score (nSPS) is 30.1. The van der Waals surface area contributed by atoms with Crippen molar-refractivity contribution >= 4 is 58.3 Å². The minimum Gasteiger partial charge on any atom is -0.508 e. The molecule has 4 aliphatic rings. The molecule has 2 aliphatic heterocycles.